The molecule has 2 aliphatic heterocycles. The van der Waals surface area contributed by atoms with E-state index in [1.807, 2.05) is 0 Å². The lowest BCUT2D eigenvalue weighted by Crippen LogP contribution is -2.51. The molecule has 1 aromatic rings. The number of ether oxygens (including phenoxy) is 2. The van der Waals surface area contributed by atoms with Crippen molar-refractivity contribution in [2.45, 2.75) is 180 Å². The third-order valence-electron chi connectivity index (χ3n) is 11.2. The molecule has 15 heteroatoms. The van der Waals surface area contributed by atoms with Gasteiger partial charge >= 0.3 is 5.97 Å². The second kappa shape index (κ2) is 27.4. The number of carbonyl (C=O) groups excluding carboxylic acids is 5. The highest BCUT2D eigenvalue weighted by molar-refractivity contribution is 6.01. The highest BCUT2D eigenvalue weighted by Gasteiger charge is 2.38. The number of hydrogen-bond donors (Lipinski definition) is 5. The topological polar surface area (TPSA) is 207 Å². The molecule has 0 unspecified atom stereocenters. The molecule has 1 fully saturated rings. The molecule has 0 aliphatic carbocycles. The summed E-state index contributed by atoms with van der Waals surface area (Å²) in [5, 5.41) is 37.4. The number of amides is 4. The highest BCUT2D eigenvalue weighted by atomic mass is 16.5. The molecule has 60 heavy (non-hydrogen) atoms. The van der Waals surface area contributed by atoms with Gasteiger partial charge in [0.1, 0.15) is 30.0 Å². The predicted molar refractivity (Wildman–Crippen MR) is 227 cm³/mol. The van der Waals surface area contributed by atoms with Gasteiger partial charge in [0, 0.05) is 19.2 Å². The molecule has 4 amide bonds. The number of aliphatic imine (C=N–C) groups is 1. The summed E-state index contributed by atoms with van der Waals surface area (Å²) in [6.45, 7) is 7.38. The Kier molecular flexibility index (Phi) is 22.7. The fraction of sp³-hybridized carbons (Fsp3) is 0.689. The van der Waals surface area contributed by atoms with E-state index in [9.17, 15) is 39.5 Å². The number of benzene rings is 1. The maximum Gasteiger partial charge on any atom is 0.328 e. The SMILES string of the molecule is CCCCCCCCCCCCC/C=C\C(=O)N(O)CCCC[C@H](NC(=O)[C@@H]1N=C(c2ccccc2O)O[C@H]1C)C(=O)O[C@H](CC)[C@H](C)C(=O)N[C@H]1CCCCN(O)C1=O. The van der Waals surface area contributed by atoms with Crippen LogP contribution < -0.4 is 10.6 Å². The highest BCUT2D eigenvalue weighted by Crippen LogP contribution is 2.25. The number of phenolic OH excluding ortho intramolecular Hbond substituents is 1. The van der Waals surface area contributed by atoms with E-state index in [2.05, 4.69) is 22.5 Å². The number of rotatable bonds is 27. The Bertz CT molecular complexity index is 1570. The second-order valence-corrected chi connectivity index (χ2v) is 16.2. The van der Waals surface area contributed by atoms with E-state index < -0.39 is 65.8 Å². The van der Waals surface area contributed by atoms with E-state index in [1.165, 1.54) is 69.9 Å². The van der Waals surface area contributed by atoms with Gasteiger partial charge in [0.15, 0.2) is 6.04 Å². The van der Waals surface area contributed by atoms with Crippen LogP contribution in [0.2, 0.25) is 0 Å². The quantitative estimate of drug-likeness (QED) is 0.0204. The standard InChI is InChI=1S/C45H71N5O10/c1-5-7-8-9-10-11-12-13-14-15-16-17-18-29-39(52)49(57)30-23-22-27-36(47-42(54)40-33(4)59-43(48-40)34-25-19-20-28-37(34)51)45(56)60-38(6-2)32(3)41(53)46-35-26-21-24-31-50(58)44(35)55/h18-20,25,28-29,32-33,35-36,38,40,51,57-58H,5-17,21-24,26-27,30-31H2,1-4H3,(H,46,53)(H,47,54)/b29-18-/t32-,33-,35-,36-,38+,40+/m0/s1. The first kappa shape index (κ1) is 49.9. The third-order valence-corrected chi connectivity index (χ3v) is 11.2. The van der Waals surface area contributed by atoms with Gasteiger partial charge in [-0.25, -0.2) is 19.9 Å². The van der Waals surface area contributed by atoms with Crippen LogP contribution in [0.5, 0.6) is 5.75 Å². The summed E-state index contributed by atoms with van der Waals surface area (Å²) in [7, 11) is 0. The van der Waals surface area contributed by atoms with Gasteiger partial charge in [0.2, 0.25) is 17.7 Å². The predicted octanol–water partition coefficient (Wildman–Crippen LogP) is 6.90. The minimum absolute atomic E-state index is 0.000993. The lowest BCUT2D eigenvalue weighted by molar-refractivity contribution is -0.167. The second-order valence-electron chi connectivity index (χ2n) is 16.2. The Labute approximate surface area is 356 Å². The Morgan fingerprint density at radius 3 is 2.32 bits per heavy atom. The van der Waals surface area contributed by atoms with Crippen LogP contribution in [-0.2, 0) is 33.4 Å². The van der Waals surface area contributed by atoms with Gasteiger partial charge in [-0.1, -0.05) is 103 Å². The molecule has 0 aromatic heterocycles. The lowest BCUT2D eigenvalue weighted by Gasteiger charge is -2.27. The Hall–Kier alpha value is -4.50. The van der Waals surface area contributed by atoms with Gasteiger partial charge in [-0.05, 0) is 76.8 Å². The molecule has 5 N–H and O–H groups in total. The van der Waals surface area contributed by atoms with Gasteiger partial charge in [-0.15, -0.1) is 0 Å². The van der Waals surface area contributed by atoms with Crippen molar-refractivity contribution in [2.24, 2.45) is 10.9 Å². The Morgan fingerprint density at radius 2 is 1.65 bits per heavy atom. The van der Waals surface area contributed by atoms with Crippen molar-refractivity contribution in [3.05, 3.63) is 42.0 Å². The van der Waals surface area contributed by atoms with Crippen molar-refractivity contribution >= 4 is 35.5 Å². The maximum atomic E-state index is 13.8. The molecule has 3 rings (SSSR count). The van der Waals surface area contributed by atoms with Crippen LogP contribution in [0.25, 0.3) is 0 Å². The molecule has 0 bridgehead atoms. The van der Waals surface area contributed by atoms with Gasteiger partial charge < -0.3 is 25.2 Å². The molecule has 15 nitrogen and oxygen atoms in total. The Balaban J connectivity index is 1.55. The van der Waals surface area contributed by atoms with Crippen LogP contribution in [0.4, 0.5) is 0 Å². The van der Waals surface area contributed by atoms with E-state index in [4.69, 9.17) is 9.47 Å². The van der Waals surface area contributed by atoms with Gasteiger partial charge in [-0.2, -0.15) is 0 Å². The summed E-state index contributed by atoms with van der Waals surface area (Å²) in [6, 6.07) is 3.29. The van der Waals surface area contributed by atoms with Crippen molar-refractivity contribution in [1.29, 1.82) is 0 Å². The van der Waals surface area contributed by atoms with E-state index in [0.29, 0.717) is 47.8 Å². The summed E-state index contributed by atoms with van der Waals surface area (Å²) < 4.78 is 11.7. The first-order chi connectivity index (χ1) is 28.9. The molecule has 0 saturated carbocycles. The largest absolute Gasteiger partial charge is 0.507 e. The third kappa shape index (κ3) is 16.9. The molecule has 0 spiro atoms. The number of carbonyl (C=O) groups is 5. The molecular weight excluding hydrogens is 771 g/mol. The number of esters is 1. The van der Waals surface area contributed by atoms with E-state index >= 15 is 0 Å². The molecule has 1 saturated heterocycles. The molecule has 0 radical (unpaired) electrons. The molecule has 2 aliphatic rings. The number of phenols is 1. The van der Waals surface area contributed by atoms with Crippen LogP contribution in [0.15, 0.2) is 41.4 Å². The van der Waals surface area contributed by atoms with Crippen LogP contribution in [0, 0.1) is 5.92 Å². The monoisotopic (exact) mass is 842 g/mol. The number of hydroxylamine groups is 4. The summed E-state index contributed by atoms with van der Waals surface area (Å²) in [6.07, 6.45) is 18.5. The maximum absolute atomic E-state index is 13.8. The van der Waals surface area contributed by atoms with Crippen molar-refractivity contribution in [2.75, 3.05) is 13.1 Å². The van der Waals surface area contributed by atoms with Gasteiger partial charge in [-0.3, -0.25) is 29.6 Å². The number of hydrogen-bond acceptors (Lipinski definition) is 11. The number of aromatic hydroxyl groups is 1. The minimum atomic E-state index is -1.18. The van der Waals surface area contributed by atoms with Crippen molar-refractivity contribution in [1.82, 2.24) is 20.8 Å². The first-order valence-corrected chi connectivity index (χ1v) is 22.4. The van der Waals surface area contributed by atoms with E-state index in [-0.39, 0.29) is 37.6 Å². The van der Waals surface area contributed by atoms with Crippen molar-refractivity contribution in [3.8, 4) is 5.75 Å². The van der Waals surface area contributed by atoms with Crippen molar-refractivity contribution in [3.63, 3.8) is 0 Å². The van der Waals surface area contributed by atoms with E-state index in [1.54, 1.807) is 45.0 Å². The van der Waals surface area contributed by atoms with Crippen LogP contribution in [0.1, 0.15) is 155 Å². The minimum Gasteiger partial charge on any atom is -0.507 e. The number of nitrogens with one attached hydrogen (secondary N) is 2. The van der Waals surface area contributed by atoms with Crippen LogP contribution in [-0.4, -0.2) is 105 Å². The van der Waals surface area contributed by atoms with E-state index in [0.717, 1.165) is 19.3 Å². The fourth-order valence-electron chi connectivity index (χ4n) is 7.38. The zero-order chi connectivity index (χ0) is 43.9. The zero-order valence-corrected chi connectivity index (χ0v) is 36.3. The molecule has 1 aromatic carbocycles. The summed E-state index contributed by atoms with van der Waals surface area (Å²) in [5.74, 6) is -3.91. The smallest absolute Gasteiger partial charge is 0.328 e. The average Bonchev–Trinajstić information content (AvgIpc) is 3.56. The first-order valence-electron chi connectivity index (χ1n) is 22.4. The fourth-order valence-corrected chi connectivity index (χ4v) is 7.38. The molecule has 2 heterocycles. The Morgan fingerprint density at radius 1 is 0.983 bits per heavy atom. The summed E-state index contributed by atoms with van der Waals surface area (Å²) in [5.41, 5.74) is 0.318. The summed E-state index contributed by atoms with van der Waals surface area (Å²) in [4.78, 5) is 70.2. The molecular formula is C45H71N5O10. The van der Waals surface area contributed by atoms with Crippen molar-refractivity contribution < 1.29 is 49.0 Å². The van der Waals surface area contributed by atoms with Crippen LogP contribution >= 0.6 is 0 Å². The van der Waals surface area contributed by atoms with Crippen LogP contribution in [0.3, 0.4) is 0 Å². The molecule has 6 atom stereocenters. The van der Waals surface area contributed by atoms with Gasteiger partial charge in [0.05, 0.1) is 11.5 Å². The number of allylic oxidation sites excluding steroid dienone is 1. The number of para-hydroxylation sites is 1. The average molecular weight is 842 g/mol. The summed E-state index contributed by atoms with van der Waals surface area (Å²) >= 11 is 0. The molecule has 336 valence electrons. The lowest BCUT2D eigenvalue weighted by atomic mass is 10.00. The normalized spacial score (nSPS) is 19.5. The number of unbranched alkanes of at least 4 members (excludes halogenated alkanes) is 12. The number of nitrogens with zero attached hydrogens (tertiary/aromatic N) is 3. The zero-order valence-electron chi connectivity index (χ0n) is 36.3. The van der Waals surface area contributed by atoms with Gasteiger partial charge in [0.25, 0.3) is 11.8 Å².